The first kappa shape index (κ1) is 5.95. The molecular formula is C9H10O2. The van der Waals surface area contributed by atoms with E-state index < -0.39 is 0 Å². The number of hydrogen-bond acceptors (Lipinski definition) is 2. The van der Waals surface area contributed by atoms with Crippen molar-refractivity contribution in [1.29, 1.82) is 0 Å². The Hall–Kier alpha value is -0.630. The van der Waals surface area contributed by atoms with Crippen molar-refractivity contribution in [2.75, 3.05) is 0 Å². The SMILES string of the molecule is C=C1C[C@H]2C[C@@H]1C(=O)[C@@H]1O[C@H]21. The number of ether oxygens (including phenoxy) is 1. The van der Waals surface area contributed by atoms with Crippen molar-refractivity contribution in [3.63, 3.8) is 0 Å². The maximum Gasteiger partial charge on any atom is 0.171 e. The van der Waals surface area contributed by atoms with E-state index in [1.54, 1.807) is 0 Å². The summed E-state index contributed by atoms with van der Waals surface area (Å²) in [6.07, 6.45) is 2.28. The second-order valence-corrected chi connectivity index (χ2v) is 3.83. The molecule has 2 heteroatoms. The predicted octanol–water partition coefficient (Wildman–Crippen LogP) is 0.919. The van der Waals surface area contributed by atoms with Crippen molar-refractivity contribution in [3.05, 3.63) is 12.2 Å². The molecule has 1 aliphatic heterocycles. The molecule has 3 rings (SSSR count). The highest BCUT2D eigenvalue weighted by molar-refractivity contribution is 5.92. The minimum atomic E-state index is -0.0296. The number of epoxide rings is 1. The predicted molar refractivity (Wildman–Crippen MR) is 39.0 cm³/mol. The molecule has 58 valence electrons. The first-order valence-electron chi connectivity index (χ1n) is 4.14. The van der Waals surface area contributed by atoms with Crippen molar-refractivity contribution in [1.82, 2.24) is 0 Å². The molecule has 4 atom stereocenters. The Morgan fingerprint density at radius 1 is 1.55 bits per heavy atom. The number of rotatable bonds is 0. The van der Waals surface area contributed by atoms with E-state index >= 15 is 0 Å². The Kier molecular flexibility index (Phi) is 0.856. The third-order valence-corrected chi connectivity index (χ3v) is 3.17. The number of allylic oxidation sites excluding steroid dienone is 1. The summed E-state index contributed by atoms with van der Waals surface area (Å²) < 4.78 is 5.28. The first-order chi connectivity index (χ1) is 5.27. The van der Waals surface area contributed by atoms with E-state index in [9.17, 15) is 4.79 Å². The molecule has 0 aromatic heterocycles. The van der Waals surface area contributed by atoms with Crippen LogP contribution in [0.4, 0.5) is 0 Å². The van der Waals surface area contributed by atoms with Gasteiger partial charge in [-0.25, -0.2) is 0 Å². The van der Waals surface area contributed by atoms with Crippen LogP contribution in [0, 0.1) is 11.8 Å². The van der Waals surface area contributed by atoms with Crippen molar-refractivity contribution < 1.29 is 9.53 Å². The van der Waals surface area contributed by atoms with Crippen LogP contribution in [0.15, 0.2) is 12.2 Å². The highest BCUT2D eigenvalue weighted by Gasteiger charge is 2.59. The monoisotopic (exact) mass is 150 g/mol. The molecule has 1 saturated heterocycles. The van der Waals surface area contributed by atoms with Gasteiger partial charge in [0.25, 0.3) is 0 Å². The zero-order valence-electron chi connectivity index (χ0n) is 6.25. The molecule has 11 heavy (non-hydrogen) atoms. The minimum absolute atomic E-state index is 0.0296. The molecular weight excluding hydrogens is 140 g/mol. The second kappa shape index (κ2) is 1.58. The summed E-state index contributed by atoms with van der Waals surface area (Å²) in [5, 5.41) is 0. The van der Waals surface area contributed by atoms with E-state index in [-0.39, 0.29) is 18.1 Å². The lowest BCUT2D eigenvalue weighted by Gasteiger charge is -2.11. The number of fused-ring (bicyclic) bond motifs is 4. The molecule has 0 spiro atoms. The fourth-order valence-corrected chi connectivity index (χ4v) is 2.51. The highest BCUT2D eigenvalue weighted by atomic mass is 16.6. The lowest BCUT2D eigenvalue weighted by atomic mass is 9.88. The van der Waals surface area contributed by atoms with Gasteiger partial charge in [0.05, 0.1) is 6.10 Å². The summed E-state index contributed by atoms with van der Waals surface area (Å²) in [5.74, 6) is 1.08. The number of carbonyl (C=O) groups is 1. The summed E-state index contributed by atoms with van der Waals surface area (Å²) in [7, 11) is 0. The third-order valence-electron chi connectivity index (χ3n) is 3.17. The fraction of sp³-hybridized carbons (Fsp3) is 0.667. The van der Waals surface area contributed by atoms with Gasteiger partial charge in [-0.05, 0) is 18.8 Å². The van der Waals surface area contributed by atoms with Crippen LogP contribution in [-0.4, -0.2) is 18.0 Å². The van der Waals surface area contributed by atoms with E-state index in [1.807, 2.05) is 0 Å². The van der Waals surface area contributed by atoms with Crippen LogP contribution in [0.5, 0.6) is 0 Å². The Balaban J connectivity index is 2.02. The second-order valence-electron chi connectivity index (χ2n) is 3.83. The molecule has 0 amide bonds. The molecule has 0 aromatic rings. The molecule has 3 aliphatic rings. The number of ketones is 1. The van der Waals surface area contributed by atoms with Crippen LogP contribution in [0.1, 0.15) is 12.8 Å². The van der Waals surface area contributed by atoms with Crippen molar-refractivity contribution in [2.45, 2.75) is 25.0 Å². The van der Waals surface area contributed by atoms with Crippen LogP contribution in [0.3, 0.4) is 0 Å². The number of carbonyl (C=O) groups excluding carboxylic acids is 1. The van der Waals surface area contributed by atoms with E-state index in [4.69, 9.17) is 4.74 Å². The van der Waals surface area contributed by atoms with Crippen LogP contribution in [-0.2, 0) is 9.53 Å². The summed E-state index contributed by atoms with van der Waals surface area (Å²) >= 11 is 0. The van der Waals surface area contributed by atoms with Gasteiger partial charge >= 0.3 is 0 Å². The van der Waals surface area contributed by atoms with Crippen LogP contribution < -0.4 is 0 Å². The molecule has 1 heterocycles. The van der Waals surface area contributed by atoms with Gasteiger partial charge in [0.1, 0.15) is 6.10 Å². The lowest BCUT2D eigenvalue weighted by molar-refractivity contribution is -0.123. The van der Waals surface area contributed by atoms with Crippen molar-refractivity contribution in [3.8, 4) is 0 Å². The normalized spacial score (nSPS) is 52.7. The number of hydrogen-bond donors (Lipinski definition) is 0. The van der Waals surface area contributed by atoms with Gasteiger partial charge < -0.3 is 4.74 Å². The van der Waals surface area contributed by atoms with Gasteiger partial charge in [-0.3, -0.25) is 4.79 Å². The molecule has 0 aromatic carbocycles. The van der Waals surface area contributed by atoms with Crippen molar-refractivity contribution in [2.24, 2.45) is 11.8 Å². The van der Waals surface area contributed by atoms with Gasteiger partial charge in [-0.15, -0.1) is 0 Å². The largest absolute Gasteiger partial charge is 0.361 e. The summed E-state index contributed by atoms with van der Waals surface area (Å²) in [4.78, 5) is 11.4. The summed E-state index contributed by atoms with van der Waals surface area (Å²) in [5.41, 5.74) is 1.15. The fourth-order valence-electron chi connectivity index (χ4n) is 2.51. The van der Waals surface area contributed by atoms with Crippen molar-refractivity contribution >= 4 is 5.78 Å². The topological polar surface area (TPSA) is 29.6 Å². The highest BCUT2D eigenvalue weighted by Crippen LogP contribution is 2.51. The molecule has 0 radical (unpaired) electrons. The van der Waals surface area contributed by atoms with Gasteiger partial charge in [0.2, 0.25) is 0 Å². The lowest BCUT2D eigenvalue weighted by Crippen LogP contribution is -2.26. The van der Waals surface area contributed by atoms with Gasteiger partial charge in [-0.1, -0.05) is 12.2 Å². The van der Waals surface area contributed by atoms with E-state index in [0.29, 0.717) is 11.7 Å². The van der Waals surface area contributed by atoms with Gasteiger partial charge in [0.15, 0.2) is 5.78 Å². The summed E-state index contributed by atoms with van der Waals surface area (Å²) in [6, 6.07) is 0. The molecule has 2 nitrogen and oxygen atoms in total. The Labute approximate surface area is 65.2 Å². The third kappa shape index (κ3) is 0.590. The van der Waals surface area contributed by atoms with E-state index in [0.717, 1.165) is 18.4 Å². The van der Waals surface area contributed by atoms with Crippen LogP contribution >= 0.6 is 0 Å². The maximum absolute atomic E-state index is 11.4. The van der Waals surface area contributed by atoms with Gasteiger partial charge in [0, 0.05) is 5.92 Å². The van der Waals surface area contributed by atoms with E-state index in [1.165, 1.54) is 0 Å². The Bertz CT molecular complexity index is 256. The summed E-state index contributed by atoms with van der Waals surface area (Å²) in [6.45, 7) is 3.93. The van der Waals surface area contributed by atoms with Crippen LogP contribution in [0.2, 0.25) is 0 Å². The zero-order valence-corrected chi connectivity index (χ0v) is 6.25. The quantitative estimate of drug-likeness (QED) is 0.379. The molecule has 2 aliphatic carbocycles. The molecule has 0 N–H and O–H groups in total. The number of Topliss-reactive ketones (excluding diaryl/α,β-unsaturated/α-hetero) is 1. The molecule has 2 bridgehead atoms. The smallest absolute Gasteiger partial charge is 0.171 e. The molecule has 0 unspecified atom stereocenters. The minimum Gasteiger partial charge on any atom is -0.361 e. The Morgan fingerprint density at radius 2 is 2.36 bits per heavy atom. The van der Waals surface area contributed by atoms with Crippen LogP contribution in [0.25, 0.3) is 0 Å². The van der Waals surface area contributed by atoms with E-state index in [2.05, 4.69) is 6.58 Å². The zero-order chi connectivity index (χ0) is 7.59. The average molecular weight is 150 g/mol. The van der Waals surface area contributed by atoms with Gasteiger partial charge in [-0.2, -0.15) is 0 Å². The Morgan fingerprint density at radius 3 is 3.18 bits per heavy atom. The molecule has 2 saturated carbocycles. The molecule has 3 fully saturated rings. The standard InChI is InChI=1S/C9H10O2/c1-4-2-5-3-6(4)7(10)9-8(5)11-9/h5-6,8-9H,1-3H2/t5-,6-,8+,9-/m0/s1. The first-order valence-corrected chi connectivity index (χ1v) is 4.14. The maximum atomic E-state index is 11.4. The average Bonchev–Trinajstić information content (AvgIpc) is 2.69.